The molecule has 0 atom stereocenters. The molecule has 94 valence electrons. The highest BCUT2D eigenvalue weighted by atomic mass is 32.3. The maximum Gasteiger partial charge on any atom is 0.0751 e. The monoisotopic (exact) mass is 254 g/mol. The zero-order valence-corrected chi connectivity index (χ0v) is 11.3. The third-order valence-corrected chi connectivity index (χ3v) is 5.48. The van der Waals surface area contributed by atoms with E-state index < -0.39 is 10.2 Å². The normalized spacial score (nSPS) is 17.6. The second-order valence-corrected chi connectivity index (χ2v) is 8.23. The lowest BCUT2D eigenvalue weighted by Gasteiger charge is -2.27. The van der Waals surface area contributed by atoms with Gasteiger partial charge in [-0.2, -0.15) is 0 Å². The third kappa shape index (κ3) is 2.30. The molecule has 0 radical (unpaired) electrons. The molecular weight excluding hydrogens is 236 g/mol. The molecule has 0 aliphatic carbocycles. The molecule has 0 bridgehead atoms. The molecule has 0 unspecified atom stereocenters. The van der Waals surface area contributed by atoms with Gasteiger partial charge in [-0.25, -0.2) is 0 Å². The maximum atomic E-state index is 11.1. The van der Waals surface area contributed by atoms with E-state index in [4.69, 9.17) is 0 Å². The van der Waals surface area contributed by atoms with Crippen molar-refractivity contribution in [2.75, 3.05) is 26.1 Å². The Morgan fingerprint density at radius 1 is 1.35 bits per heavy atom. The quantitative estimate of drug-likeness (QED) is 0.601. The van der Waals surface area contributed by atoms with Crippen LogP contribution >= 0.6 is 10.2 Å². The molecule has 0 aromatic heterocycles. The fourth-order valence-electron chi connectivity index (χ4n) is 2.07. The first kappa shape index (κ1) is 12.4. The molecule has 2 rings (SSSR count). The molecule has 0 saturated heterocycles. The van der Waals surface area contributed by atoms with E-state index in [1.807, 2.05) is 12.1 Å². The average molecular weight is 254 g/mol. The summed E-state index contributed by atoms with van der Waals surface area (Å²) in [7, 11) is 0.160. The van der Waals surface area contributed by atoms with Crippen molar-refractivity contribution in [2.45, 2.75) is 17.9 Å². The lowest BCUT2D eigenvalue weighted by atomic mass is 10.0. The van der Waals surface area contributed by atoms with E-state index in [2.05, 4.69) is 18.0 Å². The molecule has 0 fully saturated rings. The number of nitro groups is 1. The Morgan fingerprint density at radius 3 is 2.71 bits per heavy atom. The van der Waals surface area contributed by atoms with Gasteiger partial charge in [-0.1, -0.05) is 6.07 Å². The molecule has 1 aliphatic rings. The van der Waals surface area contributed by atoms with Crippen molar-refractivity contribution in [1.29, 1.82) is 0 Å². The Balaban J connectivity index is 2.39. The lowest BCUT2D eigenvalue weighted by Crippen LogP contribution is -2.26. The highest BCUT2D eigenvalue weighted by Crippen LogP contribution is 2.49. The van der Waals surface area contributed by atoms with Gasteiger partial charge >= 0.3 is 0 Å². The maximum absolute atomic E-state index is 11.1. The summed E-state index contributed by atoms with van der Waals surface area (Å²) >= 11 is 0. The van der Waals surface area contributed by atoms with Crippen LogP contribution in [0.2, 0.25) is 0 Å². The van der Waals surface area contributed by atoms with Gasteiger partial charge < -0.3 is 4.90 Å². The van der Waals surface area contributed by atoms with Crippen LogP contribution in [-0.2, 0) is 13.0 Å². The topological polar surface area (TPSA) is 46.4 Å². The van der Waals surface area contributed by atoms with E-state index in [-0.39, 0.29) is 4.33 Å². The first-order valence-corrected chi connectivity index (χ1v) is 8.00. The highest BCUT2D eigenvalue weighted by Gasteiger charge is 2.28. The minimum absolute atomic E-state index is 0.138. The van der Waals surface area contributed by atoms with Crippen LogP contribution in [0.5, 0.6) is 0 Å². The van der Waals surface area contributed by atoms with Crippen LogP contribution in [0.4, 0.5) is 0 Å². The Morgan fingerprint density at radius 2 is 2.06 bits per heavy atom. The summed E-state index contributed by atoms with van der Waals surface area (Å²) in [6.45, 7) is 1.97. The van der Waals surface area contributed by atoms with Gasteiger partial charge in [0.15, 0.2) is 0 Å². The molecule has 4 nitrogen and oxygen atoms in total. The van der Waals surface area contributed by atoms with Gasteiger partial charge in [0.25, 0.3) is 0 Å². The van der Waals surface area contributed by atoms with Gasteiger partial charge in [0.1, 0.15) is 0 Å². The van der Waals surface area contributed by atoms with Gasteiger partial charge in [0, 0.05) is 35.8 Å². The predicted molar refractivity (Wildman–Crippen MR) is 71.2 cm³/mol. The average Bonchev–Trinajstić information content (AvgIpc) is 2.27. The number of rotatable bonds is 2. The number of hydrogen-bond donors (Lipinski definition) is 0. The van der Waals surface area contributed by atoms with E-state index in [9.17, 15) is 10.1 Å². The van der Waals surface area contributed by atoms with Crippen LogP contribution in [0.3, 0.4) is 0 Å². The first-order valence-electron chi connectivity index (χ1n) is 5.59. The predicted octanol–water partition coefficient (Wildman–Crippen LogP) is 2.29. The molecule has 0 saturated carbocycles. The summed E-state index contributed by atoms with van der Waals surface area (Å²) in [6, 6.07) is 6.03. The van der Waals surface area contributed by atoms with Crippen molar-refractivity contribution in [3.8, 4) is 0 Å². The van der Waals surface area contributed by atoms with E-state index in [1.165, 1.54) is 11.1 Å². The number of benzene rings is 1. The summed E-state index contributed by atoms with van der Waals surface area (Å²) in [5.74, 6) is 0. The molecule has 5 heteroatoms. The summed E-state index contributed by atoms with van der Waals surface area (Å²) in [5, 5.41) is 11.1. The fraction of sp³-hybridized carbons (Fsp3) is 0.500. The fourth-order valence-corrected chi connectivity index (χ4v) is 3.08. The SMILES string of the molecule is CN1CCc2ccc(S(C)(C)[N+](=O)[O-])cc2C1. The van der Waals surface area contributed by atoms with Crippen molar-refractivity contribution < 1.29 is 4.33 Å². The van der Waals surface area contributed by atoms with Crippen LogP contribution in [0.15, 0.2) is 23.1 Å². The molecule has 17 heavy (non-hydrogen) atoms. The van der Waals surface area contributed by atoms with Gasteiger partial charge in [-0.3, -0.25) is 10.1 Å². The summed E-state index contributed by atoms with van der Waals surface area (Å²) in [6.07, 6.45) is 4.52. The minimum atomic E-state index is -1.92. The Kier molecular flexibility index (Phi) is 3.14. The van der Waals surface area contributed by atoms with E-state index in [1.54, 1.807) is 12.5 Å². The standard InChI is InChI=1S/C12H18N2O2S/c1-13-7-6-10-4-5-12(8-11(10)9-13)17(2,3)14(15)16/h4-5,8H,6-7,9H2,1-3H3. The van der Waals surface area contributed by atoms with Crippen molar-refractivity contribution >= 4 is 10.2 Å². The summed E-state index contributed by atoms with van der Waals surface area (Å²) < 4.78 is -0.138. The van der Waals surface area contributed by atoms with E-state index in [0.29, 0.717) is 0 Å². The van der Waals surface area contributed by atoms with Crippen LogP contribution in [0.1, 0.15) is 11.1 Å². The molecular formula is C12H18N2O2S. The zero-order chi connectivity index (χ0) is 12.6. The van der Waals surface area contributed by atoms with Gasteiger partial charge in [0.05, 0.1) is 9.22 Å². The molecule has 0 N–H and O–H groups in total. The summed E-state index contributed by atoms with van der Waals surface area (Å²) in [4.78, 5) is 14.2. The minimum Gasteiger partial charge on any atom is -0.302 e. The molecule has 0 amide bonds. The second-order valence-electron chi connectivity index (χ2n) is 4.91. The van der Waals surface area contributed by atoms with Crippen molar-refractivity contribution in [3.05, 3.63) is 39.4 Å². The van der Waals surface area contributed by atoms with E-state index in [0.717, 1.165) is 24.4 Å². The lowest BCUT2D eigenvalue weighted by molar-refractivity contribution is -0.295. The Hall–Kier alpha value is -1.07. The van der Waals surface area contributed by atoms with Crippen LogP contribution in [-0.4, -0.2) is 35.3 Å². The van der Waals surface area contributed by atoms with Crippen LogP contribution < -0.4 is 0 Å². The largest absolute Gasteiger partial charge is 0.302 e. The molecule has 1 heterocycles. The van der Waals surface area contributed by atoms with Crippen LogP contribution in [0, 0.1) is 10.1 Å². The number of nitrogens with zero attached hydrogens (tertiary/aromatic N) is 2. The molecule has 1 aliphatic heterocycles. The first-order chi connectivity index (χ1) is 7.91. The number of hydrogen-bond acceptors (Lipinski definition) is 3. The van der Waals surface area contributed by atoms with Crippen molar-refractivity contribution in [2.24, 2.45) is 0 Å². The zero-order valence-electron chi connectivity index (χ0n) is 10.5. The van der Waals surface area contributed by atoms with Gasteiger partial charge in [-0.15, -0.1) is 0 Å². The Labute approximate surface area is 103 Å². The third-order valence-electron chi connectivity index (χ3n) is 3.33. The molecule has 1 aromatic rings. The van der Waals surface area contributed by atoms with E-state index >= 15 is 0 Å². The number of likely N-dealkylation sites (N-methyl/N-ethyl adjacent to an activating group) is 1. The van der Waals surface area contributed by atoms with Gasteiger partial charge in [-0.05, 0) is 36.7 Å². The Bertz CT molecular complexity index is 460. The number of fused-ring (bicyclic) bond motifs is 1. The summed E-state index contributed by atoms with van der Waals surface area (Å²) in [5.41, 5.74) is 2.59. The van der Waals surface area contributed by atoms with Crippen molar-refractivity contribution in [1.82, 2.24) is 4.90 Å². The van der Waals surface area contributed by atoms with Crippen LogP contribution in [0.25, 0.3) is 0 Å². The van der Waals surface area contributed by atoms with Gasteiger partial charge in [0.2, 0.25) is 0 Å². The highest BCUT2D eigenvalue weighted by molar-refractivity contribution is 8.27. The van der Waals surface area contributed by atoms with Crippen molar-refractivity contribution in [3.63, 3.8) is 0 Å². The second kappa shape index (κ2) is 4.31. The molecule has 1 aromatic carbocycles. The smallest absolute Gasteiger partial charge is 0.0751 e. The molecule has 0 spiro atoms.